The van der Waals surface area contributed by atoms with E-state index in [0.717, 1.165) is 34.1 Å². The van der Waals surface area contributed by atoms with Crippen LogP contribution in [0.15, 0.2) is 23.8 Å². The number of hydrogen-bond acceptors (Lipinski definition) is 6. The van der Waals surface area contributed by atoms with E-state index >= 15 is 0 Å². The van der Waals surface area contributed by atoms with Gasteiger partial charge in [0, 0.05) is 30.4 Å². The van der Waals surface area contributed by atoms with Gasteiger partial charge in [-0.1, -0.05) is 6.92 Å². The second-order valence-electron chi connectivity index (χ2n) is 5.01. The summed E-state index contributed by atoms with van der Waals surface area (Å²) in [5.41, 5.74) is 3.87. The lowest BCUT2D eigenvalue weighted by Crippen LogP contribution is -2.04. The van der Waals surface area contributed by atoms with Gasteiger partial charge in [-0.25, -0.2) is 15.0 Å². The number of aryl methyl sites for hydroxylation is 3. The van der Waals surface area contributed by atoms with Gasteiger partial charge in [0.2, 0.25) is 5.95 Å². The molecule has 0 aliphatic rings. The SMILES string of the molecule is CCc1nc(CNc2nccc(-c3cn(C)nc3C)n2)cs1. The normalized spacial score (nSPS) is 10.9. The summed E-state index contributed by atoms with van der Waals surface area (Å²) in [4.78, 5) is 13.4. The van der Waals surface area contributed by atoms with Crippen LogP contribution in [0.1, 0.15) is 23.3 Å². The summed E-state index contributed by atoms with van der Waals surface area (Å²) in [5.74, 6) is 0.604. The van der Waals surface area contributed by atoms with Crippen LogP contribution in [0.5, 0.6) is 0 Å². The first-order chi connectivity index (χ1) is 10.7. The van der Waals surface area contributed by atoms with Crippen LogP contribution >= 0.6 is 11.3 Å². The fraction of sp³-hybridized carbons (Fsp3) is 0.333. The Morgan fingerprint density at radius 3 is 2.86 bits per heavy atom. The Kier molecular flexibility index (Phi) is 4.15. The lowest BCUT2D eigenvalue weighted by molar-refractivity contribution is 0.756. The molecule has 6 nitrogen and oxygen atoms in total. The van der Waals surface area contributed by atoms with Crippen molar-refractivity contribution in [3.63, 3.8) is 0 Å². The third-order valence-electron chi connectivity index (χ3n) is 3.27. The molecule has 3 rings (SSSR count). The molecular formula is C15H18N6S. The molecule has 0 fully saturated rings. The van der Waals surface area contributed by atoms with Crippen molar-refractivity contribution >= 4 is 17.3 Å². The topological polar surface area (TPSA) is 68.5 Å². The fourth-order valence-corrected chi connectivity index (χ4v) is 2.95. The predicted molar refractivity (Wildman–Crippen MR) is 87.8 cm³/mol. The van der Waals surface area contributed by atoms with Crippen LogP contribution in [0.2, 0.25) is 0 Å². The van der Waals surface area contributed by atoms with Gasteiger partial charge in [0.05, 0.1) is 28.6 Å². The van der Waals surface area contributed by atoms with Gasteiger partial charge >= 0.3 is 0 Å². The van der Waals surface area contributed by atoms with Crippen molar-refractivity contribution in [2.24, 2.45) is 7.05 Å². The second-order valence-corrected chi connectivity index (χ2v) is 5.95. The van der Waals surface area contributed by atoms with Crippen LogP contribution in [-0.2, 0) is 20.0 Å². The molecule has 0 aromatic carbocycles. The first-order valence-corrected chi connectivity index (χ1v) is 8.04. The molecule has 0 bridgehead atoms. The lowest BCUT2D eigenvalue weighted by atomic mass is 10.2. The Balaban J connectivity index is 1.75. The first kappa shape index (κ1) is 14.6. The molecule has 0 saturated carbocycles. The van der Waals surface area contributed by atoms with Gasteiger partial charge in [-0.3, -0.25) is 4.68 Å². The molecule has 114 valence electrons. The number of thiazole rings is 1. The maximum Gasteiger partial charge on any atom is 0.223 e. The molecule has 22 heavy (non-hydrogen) atoms. The third-order valence-corrected chi connectivity index (χ3v) is 4.32. The van der Waals surface area contributed by atoms with E-state index < -0.39 is 0 Å². The molecule has 0 unspecified atom stereocenters. The van der Waals surface area contributed by atoms with Crippen LogP contribution in [-0.4, -0.2) is 24.7 Å². The minimum atomic E-state index is 0.604. The van der Waals surface area contributed by atoms with Gasteiger partial charge in [-0.2, -0.15) is 5.10 Å². The minimum absolute atomic E-state index is 0.604. The van der Waals surface area contributed by atoms with E-state index in [1.165, 1.54) is 0 Å². The summed E-state index contributed by atoms with van der Waals surface area (Å²) < 4.78 is 1.79. The van der Waals surface area contributed by atoms with E-state index in [4.69, 9.17) is 0 Å². The van der Waals surface area contributed by atoms with Crippen molar-refractivity contribution in [2.75, 3.05) is 5.32 Å². The third kappa shape index (κ3) is 3.14. The number of aromatic nitrogens is 5. The molecule has 3 heterocycles. The Morgan fingerprint density at radius 2 is 2.18 bits per heavy atom. The molecule has 0 amide bonds. The average molecular weight is 314 g/mol. The molecule has 0 aliphatic heterocycles. The van der Waals surface area contributed by atoms with E-state index in [0.29, 0.717) is 12.5 Å². The van der Waals surface area contributed by atoms with Gasteiger partial charge in [0.25, 0.3) is 0 Å². The molecule has 1 N–H and O–H groups in total. The summed E-state index contributed by atoms with van der Waals surface area (Å²) in [6, 6.07) is 1.90. The number of anilines is 1. The van der Waals surface area contributed by atoms with Gasteiger partial charge < -0.3 is 5.32 Å². The smallest absolute Gasteiger partial charge is 0.223 e. The Hall–Kier alpha value is -2.28. The highest BCUT2D eigenvalue weighted by atomic mass is 32.1. The number of nitrogens with one attached hydrogen (secondary N) is 1. The molecule has 0 radical (unpaired) electrons. The van der Waals surface area contributed by atoms with E-state index in [2.05, 4.69) is 37.7 Å². The Labute approximate surface area is 133 Å². The van der Waals surface area contributed by atoms with Crippen LogP contribution < -0.4 is 5.32 Å². The zero-order chi connectivity index (χ0) is 15.5. The van der Waals surface area contributed by atoms with Crippen LogP contribution in [0.25, 0.3) is 11.3 Å². The van der Waals surface area contributed by atoms with Crippen LogP contribution in [0, 0.1) is 6.92 Å². The van der Waals surface area contributed by atoms with Gasteiger partial charge in [0.1, 0.15) is 0 Å². The highest BCUT2D eigenvalue weighted by Gasteiger charge is 2.09. The average Bonchev–Trinajstić information content (AvgIpc) is 3.11. The van der Waals surface area contributed by atoms with Crippen molar-refractivity contribution in [1.82, 2.24) is 24.7 Å². The molecule has 3 aromatic rings. The van der Waals surface area contributed by atoms with Crippen LogP contribution in [0.4, 0.5) is 5.95 Å². The van der Waals surface area contributed by atoms with E-state index in [1.807, 2.05) is 26.2 Å². The maximum absolute atomic E-state index is 4.56. The van der Waals surface area contributed by atoms with Crippen molar-refractivity contribution < 1.29 is 0 Å². The second kappa shape index (κ2) is 6.23. The number of hydrogen-bond donors (Lipinski definition) is 1. The molecule has 0 atom stereocenters. The van der Waals surface area contributed by atoms with Gasteiger partial charge in [-0.15, -0.1) is 11.3 Å². The van der Waals surface area contributed by atoms with Crippen molar-refractivity contribution in [3.05, 3.63) is 40.2 Å². The molecule has 3 aromatic heterocycles. The summed E-state index contributed by atoms with van der Waals surface area (Å²) in [7, 11) is 1.91. The fourth-order valence-electron chi connectivity index (χ4n) is 2.21. The summed E-state index contributed by atoms with van der Waals surface area (Å²) in [6.07, 6.45) is 4.70. The quantitative estimate of drug-likeness (QED) is 0.784. The summed E-state index contributed by atoms with van der Waals surface area (Å²) in [6.45, 7) is 4.72. The summed E-state index contributed by atoms with van der Waals surface area (Å²) >= 11 is 1.69. The standard InChI is InChI=1S/C15H18N6S/c1-4-14-18-11(9-22-14)7-17-15-16-6-5-13(19-15)12-8-21(3)20-10(12)2/h5-6,8-9H,4,7H2,1-3H3,(H,16,17,19). The highest BCUT2D eigenvalue weighted by Crippen LogP contribution is 2.20. The monoisotopic (exact) mass is 314 g/mol. The minimum Gasteiger partial charge on any atom is -0.349 e. The molecular weight excluding hydrogens is 296 g/mol. The largest absolute Gasteiger partial charge is 0.349 e. The van der Waals surface area contributed by atoms with Gasteiger partial charge in [-0.05, 0) is 19.4 Å². The molecule has 7 heteroatoms. The lowest BCUT2D eigenvalue weighted by Gasteiger charge is -2.04. The van der Waals surface area contributed by atoms with E-state index in [9.17, 15) is 0 Å². The highest BCUT2D eigenvalue weighted by molar-refractivity contribution is 7.09. The van der Waals surface area contributed by atoms with Crippen molar-refractivity contribution in [1.29, 1.82) is 0 Å². The maximum atomic E-state index is 4.56. The van der Waals surface area contributed by atoms with Crippen molar-refractivity contribution in [3.8, 4) is 11.3 Å². The number of nitrogens with zero attached hydrogens (tertiary/aromatic N) is 5. The summed E-state index contributed by atoms with van der Waals surface area (Å²) in [5, 5.41) is 10.8. The van der Waals surface area contributed by atoms with Crippen LogP contribution in [0.3, 0.4) is 0 Å². The number of rotatable bonds is 5. The molecule has 0 spiro atoms. The Morgan fingerprint density at radius 1 is 1.32 bits per heavy atom. The molecule has 0 aliphatic carbocycles. The van der Waals surface area contributed by atoms with E-state index in [1.54, 1.807) is 22.2 Å². The Bertz CT molecular complexity index is 776. The van der Waals surface area contributed by atoms with E-state index in [-0.39, 0.29) is 0 Å². The first-order valence-electron chi connectivity index (χ1n) is 7.16. The van der Waals surface area contributed by atoms with Gasteiger partial charge in [0.15, 0.2) is 0 Å². The van der Waals surface area contributed by atoms with Crippen molar-refractivity contribution in [2.45, 2.75) is 26.8 Å². The predicted octanol–water partition coefficient (Wildman–Crippen LogP) is 2.82. The molecule has 0 saturated heterocycles. The zero-order valence-corrected chi connectivity index (χ0v) is 13.7. The zero-order valence-electron chi connectivity index (χ0n) is 12.9.